The molecular formula is C29H25N3O8S2. The number of nitrogens with zero attached hydrogens (tertiary/aromatic N) is 2. The number of ether oxygens (including phenoxy) is 1. The third-order valence-electron chi connectivity index (χ3n) is 6.79. The summed E-state index contributed by atoms with van der Waals surface area (Å²) in [6.45, 7) is 3.76. The number of nitrogen functional groups attached to an aromatic ring is 1. The maximum Gasteiger partial charge on any atom is 0.295 e. The molecule has 5 N–H and O–H groups in total. The topological polar surface area (TPSA) is 189 Å². The molecule has 5 aromatic carbocycles. The second-order valence-corrected chi connectivity index (χ2v) is 12.5. The van der Waals surface area contributed by atoms with Gasteiger partial charge in [-0.25, -0.2) is 0 Å². The number of anilines is 1. The molecule has 11 nitrogen and oxygen atoms in total. The Balaban J connectivity index is 1.62. The first-order chi connectivity index (χ1) is 19.7. The lowest BCUT2D eigenvalue weighted by Crippen LogP contribution is -2.02. The van der Waals surface area contributed by atoms with Crippen LogP contribution < -0.4 is 10.5 Å². The van der Waals surface area contributed by atoms with Gasteiger partial charge in [0.1, 0.15) is 28.7 Å². The lowest BCUT2D eigenvalue weighted by atomic mass is 10.0. The van der Waals surface area contributed by atoms with E-state index in [0.29, 0.717) is 16.3 Å². The van der Waals surface area contributed by atoms with Crippen molar-refractivity contribution in [2.45, 2.75) is 30.2 Å². The minimum Gasteiger partial charge on any atom is -0.507 e. The number of azo groups is 1. The van der Waals surface area contributed by atoms with E-state index in [-0.39, 0.29) is 50.8 Å². The van der Waals surface area contributed by atoms with Gasteiger partial charge in [0, 0.05) is 16.8 Å². The van der Waals surface area contributed by atoms with Crippen LogP contribution in [0.5, 0.6) is 11.5 Å². The van der Waals surface area contributed by atoms with E-state index in [9.17, 15) is 31.0 Å². The summed E-state index contributed by atoms with van der Waals surface area (Å²) in [6.07, 6.45) is 0. The van der Waals surface area contributed by atoms with Crippen LogP contribution in [-0.4, -0.2) is 31.0 Å². The standard InChI is InChI=1S/C29H25N3O8S2/c1-16-6-8-18(9-7-16)15-40-26-13-19(41(34,35)36)12-22-17(2)23(11-10-20(22)26)31-32-24-14-27(42(37,38)39)21-4-3-5-25(33)28(21)29(24)30/h3-14,33H,15,30H2,1-2H3,(H,34,35,36)(H,37,38,39). The molecule has 216 valence electrons. The van der Waals surface area contributed by atoms with Gasteiger partial charge in [-0.1, -0.05) is 42.0 Å². The molecule has 0 aliphatic rings. The second kappa shape index (κ2) is 10.7. The molecule has 5 aromatic rings. The number of phenolic OH excluding ortho intramolecular Hbond substituents is 1. The zero-order valence-electron chi connectivity index (χ0n) is 22.3. The van der Waals surface area contributed by atoms with E-state index in [0.717, 1.165) is 17.2 Å². The van der Waals surface area contributed by atoms with Crippen molar-refractivity contribution in [2.75, 3.05) is 5.73 Å². The van der Waals surface area contributed by atoms with E-state index < -0.39 is 25.1 Å². The summed E-state index contributed by atoms with van der Waals surface area (Å²) in [5.41, 5.74) is 8.67. The van der Waals surface area contributed by atoms with Gasteiger partial charge in [0.15, 0.2) is 0 Å². The molecular weight excluding hydrogens is 582 g/mol. The van der Waals surface area contributed by atoms with Crippen LogP contribution in [0.25, 0.3) is 21.5 Å². The molecule has 0 heterocycles. The van der Waals surface area contributed by atoms with Gasteiger partial charge in [-0.15, -0.1) is 5.11 Å². The van der Waals surface area contributed by atoms with Crippen LogP contribution in [-0.2, 0) is 26.8 Å². The second-order valence-electron chi connectivity index (χ2n) is 9.66. The molecule has 5 rings (SSSR count). The largest absolute Gasteiger partial charge is 0.507 e. The Morgan fingerprint density at radius 3 is 2.14 bits per heavy atom. The van der Waals surface area contributed by atoms with Crippen LogP contribution in [0.1, 0.15) is 16.7 Å². The molecule has 13 heteroatoms. The number of phenols is 1. The van der Waals surface area contributed by atoms with Crippen LogP contribution in [0.2, 0.25) is 0 Å². The van der Waals surface area contributed by atoms with Crippen LogP contribution in [0, 0.1) is 13.8 Å². The van der Waals surface area contributed by atoms with Crippen molar-refractivity contribution in [3.05, 3.63) is 89.5 Å². The van der Waals surface area contributed by atoms with Gasteiger partial charge in [0.25, 0.3) is 20.2 Å². The summed E-state index contributed by atoms with van der Waals surface area (Å²) < 4.78 is 73.9. The van der Waals surface area contributed by atoms with Crippen LogP contribution in [0.3, 0.4) is 0 Å². The third kappa shape index (κ3) is 5.63. The first-order valence-corrected chi connectivity index (χ1v) is 15.3. The Bertz CT molecular complexity index is 2130. The number of hydrogen-bond acceptors (Lipinski definition) is 9. The molecule has 0 aliphatic carbocycles. The number of aromatic hydroxyl groups is 1. The average Bonchev–Trinajstić information content (AvgIpc) is 2.92. The van der Waals surface area contributed by atoms with Crippen molar-refractivity contribution < 1.29 is 35.8 Å². The third-order valence-corrected chi connectivity index (χ3v) is 8.51. The number of nitrogens with two attached hydrogens (primary N) is 1. The molecule has 0 aromatic heterocycles. The van der Waals surface area contributed by atoms with Crippen LogP contribution in [0.15, 0.2) is 92.8 Å². The summed E-state index contributed by atoms with van der Waals surface area (Å²) in [7, 11) is -9.31. The fraction of sp³-hybridized carbons (Fsp3) is 0.103. The number of fused-ring (bicyclic) bond motifs is 2. The van der Waals surface area contributed by atoms with Crippen LogP contribution in [0.4, 0.5) is 17.1 Å². The van der Waals surface area contributed by atoms with Gasteiger partial charge < -0.3 is 15.6 Å². The lowest BCUT2D eigenvalue weighted by Gasteiger charge is -2.14. The van der Waals surface area contributed by atoms with E-state index in [4.69, 9.17) is 10.5 Å². The van der Waals surface area contributed by atoms with Gasteiger partial charge in [-0.3, -0.25) is 9.11 Å². The quantitative estimate of drug-likeness (QED) is 0.0923. The molecule has 0 saturated heterocycles. The Morgan fingerprint density at radius 2 is 1.48 bits per heavy atom. The monoisotopic (exact) mass is 607 g/mol. The molecule has 0 amide bonds. The van der Waals surface area contributed by atoms with Crippen LogP contribution >= 0.6 is 0 Å². The fourth-order valence-electron chi connectivity index (χ4n) is 4.57. The highest BCUT2D eigenvalue weighted by atomic mass is 32.2. The number of rotatable bonds is 7. The smallest absolute Gasteiger partial charge is 0.295 e. The first-order valence-electron chi connectivity index (χ1n) is 12.4. The highest BCUT2D eigenvalue weighted by Gasteiger charge is 2.21. The van der Waals surface area contributed by atoms with Gasteiger partial charge >= 0.3 is 0 Å². The molecule has 0 bridgehead atoms. The maximum absolute atomic E-state index is 12.1. The zero-order valence-corrected chi connectivity index (χ0v) is 23.9. The van der Waals surface area contributed by atoms with E-state index >= 15 is 0 Å². The van der Waals surface area contributed by atoms with Crippen molar-refractivity contribution in [1.82, 2.24) is 0 Å². The molecule has 0 unspecified atom stereocenters. The molecule has 0 saturated carbocycles. The molecule has 42 heavy (non-hydrogen) atoms. The zero-order chi connectivity index (χ0) is 30.4. The van der Waals surface area contributed by atoms with Gasteiger partial charge in [0.05, 0.1) is 21.7 Å². The Kier molecular flexibility index (Phi) is 7.37. The van der Waals surface area contributed by atoms with Crippen molar-refractivity contribution in [3.63, 3.8) is 0 Å². The van der Waals surface area contributed by atoms with Gasteiger partial charge in [0.2, 0.25) is 0 Å². The SMILES string of the molecule is Cc1ccc(COc2cc(S(=O)(=O)O)cc3c(C)c(N=Nc4cc(S(=O)(=O)O)c5cccc(O)c5c4N)ccc23)cc1. The summed E-state index contributed by atoms with van der Waals surface area (Å²) in [5.74, 6) is -0.0934. The van der Waals surface area contributed by atoms with E-state index in [2.05, 4.69) is 10.2 Å². The van der Waals surface area contributed by atoms with E-state index in [1.165, 1.54) is 30.3 Å². The van der Waals surface area contributed by atoms with Crippen molar-refractivity contribution in [3.8, 4) is 11.5 Å². The molecule has 0 spiro atoms. The van der Waals surface area contributed by atoms with E-state index in [1.54, 1.807) is 19.1 Å². The maximum atomic E-state index is 12.1. The molecule has 0 atom stereocenters. The summed E-state index contributed by atoms with van der Waals surface area (Å²) in [4.78, 5) is -0.891. The average molecular weight is 608 g/mol. The number of aryl methyl sites for hydroxylation is 2. The van der Waals surface area contributed by atoms with Crippen molar-refractivity contribution in [1.29, 1.82) is 0 Å². The first kappa shape index (κ1) is 29.0. The Morgan fingerprint density at radius 1 is 0.786 bits per heavy atom. The van der Waals surface area contributed by atoms with Crippen molar-refractivity contribution >= 4 is 58.8 Å². The van der Waals surface area contributed by atoms with E-state index in [1.807, 2.05) is 31.2 Å². The Hall–Kier alpha value is -4.56. The lowest BCUT2D eigenvalue weighted by molar-refractivity contribution is 0.309. The number of hydrogen-bond donors (Lipinski definition) is 4. The summed E-state index contributed by atoms with van der Waals surface area (Å²) >= 11 is 0. The summed E-state index contributed by atoms with van der Waals surface area (Å²) in [6, 6.07) is 18.6. The molecule has 0 radical (unpaired) electrons. The van der Waals surface area contributed by atoms with Crippen molar-refractivity contribution in [2.24, 2.45) is 10.2 Å². The minimum atomic E-state index is -4.72. The molecule has 0 aliphatic heterocycles. The predicted octanol–water partition coefficient (Wildman–Crippen LogP) is 6.39. The predicted molar refractivity (Wildman–Crippen MR) is 158 cm³/mol. The fourth-order valence-corrected chi connectivity index (χ4v) is 5.80. The molecule has 0 fully saturated rings. The summed E-state index contributed by atoms with van der Waals surface area (Å²) in [5, 5.41) is 19.6. The Labute approximate surface area is 241 Å². The normalized spacial score (nSPS) is 12.4. The number of benzene rings is 5. The highest BCUT2D eigenvalue weighted by molar-refractivity contribution is 7.86. The van der Waals surface area contributed by atoms with Gasteiger partial charge in [-0.2, -0.15) is 21.9 Å². The minimum absolute atomic E-state index is 0.00625. The van der Waals surface area contributed by atoms with Gasteiger partial charge in [-0.05, 0) is 60.7 Å². The highest BCUT2D eigenvalue weighted by Crippen LogP contribution is 2.42.